The molecule has 0 saturated carbocycles. The molecule has 0 atom stereocenters. The first-order valence-corrected chi connectivity index (χ1v) is 3.87. The van der Waals surface area contributed by atoms with Crippen molar-refractivity contribution < 1.29 is 9.90 Å². The molecule has 1 rings (SSSR count). The molecule has 0 bridgehead atoms. The average Bonchev–Trinajstić information content (AvgIpc) is 2.19. The Kier molecular flexibility index (Phi) is 2.92. The Morgan fingerprint density at radius 2 is 2.29 bits per heavy atom. The predicted molar refractivity (Wildman–Crippen MR) is 49.6 cm³/mol. The van der Waals surface area contributed by atoms with Gasteiger partial charge < -0.3 is 5.11 Å². The van der Waals surface area contributed by atoms with Crippen LogP contribution in [0.2, 0.25) is 0 Å². The maximum atomic E-state index is 10.9. The minimum absolute atomic E-state index is 0.190. The summed E-state index contributed by atoms with van der Waals surface area (Å²) in [5.74, 6) is -0.962. The fourth-order valence-electron chi connectivity index (χ4n) is 0.909. The summed E-state index contributed by atoms with van der Waals surface area (Å²) >= 11 is 0. The zero-order chi connectivity index (χ0) is 10.6. The minimum atomic E-state index is -0.532. The van der Waals surface area contributed by atoms with E-state index >= 15 is 0 Å². The molecule has 1 aromatic heterocycles. The lowest BCUT2D eigenvalue weighted by atomic mass is 10.2. The van der Waals surface area contributed by atoms with Gasteiger partial charge in [-0.15, -0.1) is 0 Å². The number of aliphatic hydroxyl groups excluding tert-OH is 1. The lowest BCUT2D eigenvalue weighted by Gasteiger charge is -1.93. The highest BCUT2D eigenvalue weighted by atomic mass is 16.3. The van der Waals surface area contributed by atoms with Gasteiger partial charge in [0, 0.05) is 13.1 Å². The van der Waals surface area contributed by atoms with Crippen LogP contribution in [-0.2, 0) is 4.79 Å². The topological polar surface area (TPSA) is 78.3 Å². The monoisotopic (exact) mass is 190 g/mol. The molecule has 1 N–H and O–H groups in total. The molecule has 0 aromatic carbocycles. The molecule has 0 fully saturated rings. The normalized spacial score (nSPS) is 11.4. The predicted octanol–water partition coefficient (Wildman–Crippen LogP) is 1.75. The van der Waals surface area contributed by atoms with Gasteiger partial charge in [-0.25, -0.2) is 0 Å². The van der Waals surface area contributed by atoms with Crippen molar-refractivity contribution in [1.29, 1.82) is 5.39 Å². The number of Topliss-reactive ketones (excluding diaryl/α,β-unsaturated/α-hetero) is 1. The van der Waals surface area contributed by atoms with Crippen LogP contribution in [0.15, 0.2) is 30.1 Å². The number of carbonyl (C=O) groups excluding carboxylic acids is 1. The molecule has 5 nitrogen and oxygen atoms in total. The zero-order valence-corrected chi connectivity index (χ0v) is 7.51. The summed E-state index contributed by atoms with van der Waals surface area (Å²) in [7, 11) is 0. The van der Waals surface area contributed by atoms with E-state index in [9.17, 15) is 9.90 Å². The van der Waals surface area contributed by atoms with E-state index in [1.54, 1.807) is 12.1 Å². The molecule has 14 heavy (non-hydrogen) atoms. The average molecular weight is 190 g/mol. The van der Waals surface area contributed by atoms with Crippen LogP contribution >= 0.6 is 0 Å². The van der Waals surface area contributed by atoms with E-state index in [2.05, 4.69) is 9.96 Å². The van der Waals surface area contributed by atoms with Crippen LogP contribution in [0.1, 0.15) is 12.6 Å². The van der Waals surface area contributed by atoms with Crippen LogP contribution in [-0.4, -0.2) is 15.9 Å². The van der Waals surface area contributed by atoms with Crippen molar-refractivity contribution in [2.75, 3.05) is 0 Å². The van der Waals surface area contributed by atoms with Crippen LogP contribution < -0.4 is 0 Å². The van der Waals surface area contributed by atoms with Crippen LogP contribution in [0.25, 0.3) is 10.7 Å². The molecule has 1 aromatic rings. The summed E-state index contributed by atoms with van der Waals surface area (Å²) < 4.78 is 0. The second-order valence-electron chi connectivity index (χ2n) is 2.57. The first kappa shape index (κ1) is 9.86. The second-order valence-corrected chi connectivity index (χ2v) is 2.57. The van der Waals surface area contributed by atoms with E-state index in [4.69, 9.17) is 5.39 Å². The van der Waals surface area contributed by atoms with Crippen molar-refractivity contribution in [2.24, 2.45) is 0 Å². The minimum Gasteiger partial charge on any atom is -0.500 e. The van der Waals surface area contributed by atoms with E-state index in [1.165, 1.54) is 19.2 Å². The number of rotatable bonds is 2. The summed E-state index contributed by atoms with van der Waals surface area (Å²) in [6, 6.07) is 4.82. The van der Waals surface area contributed by atoms with Gasteiger partial charge in [0.05, 0.1) is 0 Å². The molecular weight excluding hydrogens is 182 g/mol. The molecule has 0 radical (unpaired) electrons. The highest BCUT2D eigenvalue weighted by Gasteiger charge is 2.26. The Bertz CT molecular complexity index is 417. The number of aromatic nitrogens is 1. The SMILES string of the molecule is CC(=O)/C([N+]#N)=C(\O)c1ccccn1. The number of diazo groups is 1. The molecule has 1 heterocycles. The number of pyridine rings is 1. The maximum Gasteiger partial charge on any atom is 0.470 e. The van der Waals surface area contributed by atoms with Gasteiger partial charge in [-0.3, -0.25) is 9.78 Å². The largest absolute Gasteiger partial charge is 0.500 e. The molecule has 0 aliphatic rings. The van der Waals surface area contributed by atoms with Gasteiger partial charge in [0.2, 0.25) is 11.2 Å². The summed E-state index contributed by atoms with van der Waals surface area (Å²) in [6.45, 7) is 1.19. The van der Waals surface area contributed by atoms with Gasteiger partial charge in [-0.2, -0.15) is 0 Å². The van der Waals surface area contributed by atoms with Crippen LogP contribution in [0.4, 0.5) is 0 Å². The third-order valence-corrected chi connectivity index (χ3v) is 1.57. The van der Waals surface area contributed by atoms with Gasteiger partial charge >= 0.3 is 5.70 Å². The first-order chi connectivity index (χ1) is 6.66. The first-order valence-electron chi connectivity index (χ1n) is 3.87. The van der Waals surface area contributed by atoms with Crippen molar-refractivity contribution in [3.63, 3.8) is 0 Å². The van der Waals surface area contributed by atoms with Crippen molar-refractivity contribution in [1.82, 2.24) is 4.98 Å². The van der Waals surface area contributed by atoms with Gasteiger partial charge in [0.15, 0.2) is 4.98 Å². The van der Waals surface area contributed by atoms with Gasteiger partial charge in [0.1, 0.15) is 5.69 Å². The molecule has 0 aliphatic heterocycles. The van der Waals surface area contributed by atoms with Gasteiger partial charge in [0.25, 0.3) is 5.78 Å². The molecular formula is C9H8N3O2+. The molecule has 0 saturated heterocycles. The maximum absolute atomic E-state index is 10.9. The Labute approximate surface area is 80.3 Å². The number of hydrogen-bond donors (Lipinski definition) is 1. The highest BCUT2D eigenvalue weighted by Crippen LogP contribution is 2.14. The van der Waals surface area contributed by atoms with E-state index < -0.39 is 17.2 Å². The summed E-state index contributed by atoms with van der Waals surface area (Å²) in [5, 5.41) is 18.0. The number of hydrogen-bond acceptors (Lipinski definition) is 4. The number of ketones is 1. The Hall–Kier alpha value is -2.22. The van der Waals surface area contributed by atoms with E-state index in [-0.39, 0.29) is 5.69 Å². The van der Waals surface area contributed by atoms with Crippen molar-refractivity contribution in [3.8, 4) is 0 Å². The Morgan fingerprint density at radius 3 is 2.71 bits per heavy atom. The van der Waals surface area contributed by atoms with Crippen molar-refractivity contribution in [3.05, 3.63) is 40.8 Å². The Morgan fingerprint density at radius 1 is 1.57 bits per heavy atom. The highest BCUT2D eigenvalue weighted by molar-refractivity contribution is 6.00. The third-order valence-electron chi connectivity index (χ3n) is 1.57. The molecule has 0 unspecified atom stereocenters. The van der Waals surface area contributed by atoms with E-state index in [0.29, 0.717) is 0 Å². The fraction of sp³-hybridized carbons (Fsp3) is 0.111. The van der Waals surface area contributed by atoms with Gasteiger partial charge in [-0.1, -0.05) is 6.07 Å². The summed E-state index contributed by atoms with van der Waals surface area (Å²) in [4.78, 5) is 17.4. The fourth-order valence-corrected chi connectivity index (χ4v) is 0.909. The number of carbonyl (C=O) groups is 1. The molecule has 0 spiro atoms. The molecule has 5 heteroatoms. The molecule has 70 valence electrons. The summed E-state index contributed by atoms with van der Waals surface area (Å²) in [6.07, 6.45) is 1.46. The van der Waals surface area contributed by atoms with Crippen LogP contribution in [0, 0.1) is 5.39 Å². The second kappa shape index (κ2) is 4.14. The van der Waals surface area contributed by atoms with Gasteiger partial charge in [-0.05, 0) is 12.1 Å². The lowest BCUT2D eigenvalue weighted by molar-refractivity contribution is -0.113. The quantitative estimate of drug-likeness (QED) is 0.437. The van der Waals surface area contributed by atoms with E-state index in [0.717, 1.165) is 0 Å². The standard InChI is InChI=1S/C9H7N3O2/c1-6(13)8(12-10)9(14)7-4-2-3-5-11-7/h2-5H,1H3/p+1. The number of nitrogens with zero attached hydrogens (tertiary/aromatic N) is 3. The lowest BCUT2D eigenvalue weighted by Crippen LogP contribution is -1.98. The molecule has 0 amide bonds. The molecule has 0 aliphatic carbocycles. The van der Waals surface area contributed by atoms with Crippen molar-refractivity contribution in [2.45, 2.75) is 6.92 Å². The van der Waals surface area contributed by atoms with Crippen LogP contribution in [0.5, 0.6) is 0 Å². The third kappa shape index (κ3) is 1.93. The van der Waals surface area contributed by atoms with E-state index in [1.807, 2.05) is 0 Å². The summed E-state index contributed by atoms with van der Waals surface area (Å²) in [5.41, 5.74) is -0.209. The van der Waals surface area contributed by atoms with Crippen molar-refractivity contribution >= 4 is 11.5 Å². The zero-order valence-electron chi connectivity index (χ0n) is 7.51. The Balaban J connectivity index is 3.23. The van der Waals surface area contributed by atoms with Crippen LogP contribution in [0.3, 0.4) is 0 Å². The number of aliphatic hydroxyl groups is 1. The number of allylic oxidation sites excluding steroid dienone is 1. The smallest absolute Gasteiger partial charge is 0.470 e.